The van der Waals surface area contributed by atoms with Gasteiger partial charge in [-0.3, -0.25) is 0 Å². The number of aryl methyl sites for hydroxylation is 1. The van der Waals surface area contributed by atoms with Crippen molar-refractivity contribution in [2.75, 3.05) is 5.32 Å². The molecule has 0 fully saturated rings. The standard InChI is InChI=1S/C18H18N4O/c1-14-6-5-7-16(10-14)21-18(23)19-11-15-12-20-22(13-15)17-8-3-2-4-9-17/h2-10,12-13H,11H2,1H3,(H2,19,21,23). The van der Waals surface area contributed by atoms with Crippen LogP contribution in [0.1, 0.15) is 11.1 Å². The molecule has 0 bridgehead atoms. The van der Waals surface area contributed by atoms with Crippen molar-refractivity contribution in [3.05, 3.63) is 78.1 Å². The zero-order valence-electron chi connectivity index (χ0n) is 12.9. The minimum absolute atomic E-state index is 0.233. The number of carbonyl (C=O) groups excluding carboxylic acids is 1. The van der Waals surface area contributed by atoms with E-state index >= 15 is 0 Å². The highest BCUT2D eigenvalue weighted by Gasteiger charge is 2.04. The van der Waals surface area contributed by atoms with Gasteiger partial charge >= 0.3 is 6.03 Å². The molecule has 0 atom stereocenters. The van der Waals surface area contributed by atoms with Crippen molar-refractivity contribution in [3.63, 3.8) is 0 Å². The summed E-state index contributed by atoms with van der Waals surface area (Å²) in [4.78, 5) is 11.9. The summed E-state index contributed by atoms with van der Waals surface area (Å²) in [5.41, 5.74) is 3.81. The Kier molecular flexibility index (Phi) is 4.38. The van der Waals surface area contributed by atoms with Crippen LogP contribution >= 0.6 is 0 Å². The van der Waals surface area contributed by atoms with Crippen LogP contribution in [0.4, 0.5) is 10.5 Å². The van der Waals surface area contributed by atoms with E-state index in [0.29, 0.717) is 6.54 Å². The van der Waals surface area contributed by atoms with E-state index in [9.17, 15) is 4.79 Å². The van der Waals surface area contributed by atoms with Crippen LogP contribution in [-0.4, -0.2) is 15.8 Å². The average Bonchev–Trinajstić information content (AvgIpc) is 3.03. The minimum Gasteiger partial charge on any atom is -0.334 e. The molecule has 3 aromatic rings. The van der Waals surface area contributed by atoms with E-state index in [1.54, 1.807) is 10.9 Å². The Morgan fingerprint density at radius 2 is 1.96 bits per heavy atom. The molecule has 3 rings (SSSR count). The van der Waals surface area contributed by atoms with E-state index in [-0.39, 0.29) is 6.03 Å². The summed E-state index contributed by atoms with van der Waals surface area (Å²) >= 11 is 0. The lowest BCUT2D eigenvalue weighted by Crippen LogP contribution is -2.28. The molecule has 2 amide bonds. The molecule has 5 nitrogen and oxygen atoms in total. The molecule has 0 saturated heterocycles. The molecule has 116 valence electrons. The first-order chi connectivity index (χ1) is 11.2. The van der Waals surface area contributed by atoms with Crippen LogP contribution in [0, 0.1) is 6.92 Å². The fraction of sp³-hybridized carbons (Fsp3) is 0.111. The molecule has 2 N–H and O–H groups in total. The number of urea groups is 1. The number of hydrogen-bond donors (Lipinski definition) is 2. The number of hydrogen-bond acceptors (Lipinski definition) is 2. The molecule has 0 saturated carbocycles. The van der Waals surface area contributed by atoms with Crippen molar-refractivity contribution < 1.29 is 4.79 Å². The lowest BCUT2D eigenvalue weighted by Gasteiger charge is -2.07. The monoisotopic (exact) mass is 306 g/mol. The van der Waals surface area contributed by atoms with Gasteiger partial charge < -0.3 is 10.6 Å². The SMILES string of the molecule is Cc1cccc(NC(=O)NCc2cnn(-c3ccccc3)c2)c1. The van der Waals surface area contributed by atoms with Gasteiger partial charge in [-0.15, -0.1) is 0 Å². The fourth-order valence-corrected chi connectivity index (χ4v) is 2.25. The first kappa shape index (κ1) is 14.8. The number of nitrogens with zero attached hydrogens (tertiary/aromatic N) is 2. The summed E-state index contributed by atoms with van der Waals surface area (Å²) < 4.78 is 1.79. The van der Waals surface area contributed by atoms with Gasteiger partial charge in [-0.05, 0) is 36.8 Å². The van der Waals surface area contributed by atoms with Crippen LogP contribution in [0.25, 0.3) is 5.69 Å². The normalized spacial score (nSPS) is 10.3. The third-order valence-corrected chi connectivity index (χ3v) is 3.39. The van der Waals surface area contributed by atoms with Crippen molar-refractivity contribution in [1.29, 1.82) is 0 Å². The summed E-state index contributed by atoms with van der Waals surface area (Å²) in [6, 6.07) is 17.3. The van der Waals surface area contributed by atoms with E-state index in [1.807, 2.05) is 67.7 Å². The summed E-state index contributed by atoms with van der Waals surface area (Å²) in [5, 5.41) is 9.95. The van der Waals surface area contributed by atoms with E-state index in [1.165, 1.54) is 0 Å². The number of aromatic nitrogens is 2. The Bertz CT molecular complexity index is 796. The van der Waals surface area contributed by atoms with Crippen LogP contribution < -0.4 is 10.6 Å². The summed E-state index contributed by atoms with van der Waals surface area (Å²) in [6.07, 6.45) is 3.65. The fourth-order valence-electron chi connectivity index (χ4n) is 2.25. The molecule has 0 unspecified atom stereocenters. The molecule has 0 spiro atoms. The molecule has 0 aliphatic rings. The van der Waals surface area contributed by atoms with Crippen molar-refractivity contribution in [2.45, 2.75) is 13.5 Å². The van der Waals surface area contributed by atoms with Gasteiger partial charge in [-0.2, -0.15) is 5.10 Å². The Labute approximate surface area is 135 Å². The summed E-state index contributed by atoms with van der Waals surface area (Å²) in [5.74, 6) is 0. The zero-order chi connectivity index (χ0) is 16.1. The largest absolute Gasteiger partial charge is 0.334 e. The average molecular weight is 306 g/mol. The van der Waals surface area contributed by atoms with Gasteiger partial charge in [0.1, 0.15) is 0 Å². The predicted octanol–water partition coefficient (Wildman–Crippen LogP) is 3.50. The maximum atomic E-state index is 11.9. The lowest BCUT2D eigenvalue weighted by molar-refractivity contribution is 0.251. The smallest absolute Gasteiger partial charge is 0.319 e. The van der Waals surface area contributed by atoms with Gasteiger partial charge in [0.15, 0.2) is 0 Å². The van der Waals surface area contributed by atoms with Gasteiger partial charge in [0, 0.05) is 24.0 Å². The van der Waals surface area contributed by atoms with Crippen LogP contribution in [-0.2, 0) is 6.54 Å². The second-order valence-corrected chi connectivity index (χ2v) is 5.31. The first-order valence-corrected chi connectivity index (χ1v) is 7.41. The third-order valence-electron chi connectivity index (χ3n) is 3.39. The maximum Gasteiger partial charge on any atom is 0.319 e. The maximum absolute atomic E-state index is 11.9. The van der Waals surface area contributed by atoms with Crippen molar-refractivity contribution in [1.82, 2.24) is 15.1 Å². The first-order valence-electron chi connectivity index (χ1n) is 7.41. The molecule has 0 radical (unpaired) electrons. The molecule has 23 heavy (non-hydrogen) atoms. The molecule has 1 aromatic heterocycles. The molecule has 1 heterocycles. The number of benzene rings is 2. The third kappa shape index (κ3) is 3.97. The number of anilines is 1. The van der Waals surface area contributed by atoms with Gasteiger partial charge in [0.25, 0.3) is 0 Å². The number of nitrogens with one attached hydrogen (secondary N) is 2. The molecular weight excluding hydrogens is 288 g/mol. The van der Waals surface area contributed by atoms with E-state index in [0.717, 1.165) is 22.5 Å². The van der Waals surface area contributed by atoms with Gasteiger partial charge in [0.05, 0.1) is 11.9 Å². The zero-order valence-corrected chi connectivity index (χ0v) is 12.9. The van der Waals surface area contributed by atoms with Crippen LogP contribution in [0.5, 0.6) is 0 Å². The highest BCUT2D eigenvalue weighted by molar-refractivity contribution is 5.89. The number of rotatable bonds is 4. The minimum atomic E-state index is -0.233. The predicted molar refractivity (Wildman–Crippen MR) is 90.6 cm³/mol. The van der Waals surface area contributed by atoms with E-state index in [2.05, 4.69) is 15.7 Å². The molecular formula is C18H18N4O. The van der Waals surface area contributed by atoms with Gasteiger partial charge in [-0.25, -0.2) is 9.48 Å². The molecule has 2 aromatic carbocycles. The van der Waals surface area contributed by atoms with E-state index < -0.39 is 0 Å². The Balaban J connectivity index is 1.56. The lowest BCUT2D eigenvalue weighted by atomic mass is 10.2. The highest BCUT2D eigenvalue weighted by Crippen LogP contribution is 2.10. The topological polar surface area (TPSA) is 59.0 Å². The molecule has 5 heteroatoms. The Hall–Kier alpha value is -3.08. The van der Waals surface area contributed by atoms with Crippen LogP contribution in [0.3, 0.4) is 0 Å². The highest BCUT2D eigenvalue weighted by atomic mass is 16.2. The second-order valence-electron chi connectivity index (χ2n) is 5.31. The van der Waals surface area contributed by atoms with Crippen LogP contribution in [0.15, 0.2) is 67.0 Å². The summed E-state index contributed by atoms with van der Waals surface area (Å²) in [6.45, 7) is 2.41. The number of carbonyl (C=O) groups is 1. The Morgan fingerprint density at radius 3 is 2.74 bits per heavy atom. The molecule has 0 aliphatic heterocycles. The van der Waals surface area contributed by atoms with Gasteiger partial charge in [0.2, 0.25) is 0 Å². The van der Waals surface area contributed by atoms with Crippen molar-refractivity contribution in [2.24, 2.45) is 0 Å². The van der Waals surface area contributed by atoms with Crippen molar-refractivity contribution in [3.8, 4) is 5.69 Å². The number of amides is 2. The van der Waals surface area contributed by atoms with Crippen molar-refractivity contribution >= 4 is 11.7 Å². The Morgan fingerprint density at radius 1 is 1.13 bits per heavy atom. The number of para-hydroxylation sites is 1. The van der Waals surface area contributed by atoms with Gasteiger partial charge in [-0.1, -0.05) is 30.3 Å². The molecule has 0 aliphatic carbocycles. The summed E-state index contributed by atoms with van der Waals surface area (Å²) in [7, 11) is 0. The van der Waals surface area contributed by atoms with E-state index in [4.69, 9.17) is 0 Å². The second kappa shape index (κ2) is 6.79. The quantitative estimate of drug-likeness (QED) is 0.775. The van der Waals surface area contributed by atoms with Crippen LogP contribution in [0.2, 0.25) is 0 Å².